The van der Waals surface area contributed by atoms with E-state index in [0.717, 1.165) is 11.3 Å². The third-order valence-corrected chi connectivity index (χ3v) is 5.06. The van der Waals surface area contributed by atoms with Crippen molar-refractivity contribution in [2.45, 2.75) is 13.3 Å². The topological polar surface area (TPSA) is 85.6 Å². The Labute approximate surface area is 171 Å². The van der Waals surface area contributed by atoms with Crippen molar-refractivity contribution in [1.29, 1.82) is 0 Å². The summed E-state index contributed by atoms with van der Waals surface area (Å²) in [6.45, 7) is 1.66. The minimum Gasteiger partial charge on any atom is -0.484 e. The van der Waals surface area contributed by atoms with Crippen LogP contribution >= 0.6 is 11.3 Å². The van der Waals surface area contributed by atoms with Gasteiger partial charge in [-0.15, -0.1) is 5.10 Å². The molecule has 0 saturated carbocycles. The third kappa shape index (κ3) is 4.33. The molecule has 7 nitrogen and oxygen atoms in total. The van der Waals surface area contributed by atoms with E-state index in [2.05, 4.69) is 15.4 Å². The second-order valence-corrected chi connectivity index (χ2v) is 7.22. The molecule has 2 heterocycles. The molecule has 0 aliphatic rings. The Kier molecular flexibility index (Phi) is 5.35. The molecule has 1 N–H and O–H groups in total. The van der Waals surface area contributed by atoms with Crippen LogP contribution in [-0.4, -0.2) is 32.9 Å². The zero-order chi connectivity index (χ0) is 20.2. The lowest BCUT2D eigenvalue weighted by molar-refractivity contribution is -0.118. The minimum absolute atomic E-state index is 0.0681. The summed E-state index contributed by atoms with van der Waals surface area (Å²) in [5.74, 6) is 0.270. The standard InChI is InChI=1S/C21H18N4O3S/c1-2-18(26)15-8-10-16(11-9-15)28-13-19(27)23-20-24-25-12-17(22-21(25)29-20)14-6-4-3-5-7-14/h3-12H,2,13H2,1H3,(H,23,24,27). The van der Waals surface area contributed by atoms with Crippen molar-refractivity contribution in [3.05, 3.63) is 66.4 Å². The second kappa shape index (κ2) is 8.24. The first kappa shape index (κ1) is 18.8. The Morgan fingerprint density at radius 2 is 1.86 bits per heavy atom. The Balaban J connectivity index is 1.35. The minimum atomic E-state index is -0.320. The van der Waals surface area contributed by atoms with E-state index < -0.39 is 0 Å². The Hall–Kier alpha value is -3.52. The van der Waals surface area contributed by atoms with Gasteiger partial charge < -0.3 is 4.74 Å². The number of hydrogen-bond donors (Lipinski definition) is 1. The van der Waals surface area contributed by atoms with Crippen LogP contribution in [-0.2, 0) is 4.79 Å². The van der Waals surface area contributed by atoms with Crippen molar-refractivity contribution in [2.75, 3.05) is 11.9 Å². The fourth-order valence-electron chi connectivity index (χ4n) is 2.74. The summed E-state index contributed by atoms with van der Waals surface area (Å²) in [7, 11) is 0. The van der Waals surface area contributed by atoms with Gasteiger partial charge in [0.25, 0.3) is 5.91 Å². The zero-order valence-corrected chi connectivity index (χ0v) is 16.5. The summed E-state index contributed by atoms with van der Waals surface area (Å²) in [6, 6.07) is 16.6. The van der Waals surface area contributed by atoms with Gasteiger partial charge in [-0.25, -0.2) is 9.50 Å². The molecule has 8 heteroatoms. The van der Waals surface area contributed by atoms with E-state index >= 15 is 0 Å². The van der Waals surface area contributed by atoms with Crippen LogP contribution in [0.1, 0.15) is 23.7 Å². The third-order valence-electron chi connectivity index (χ3n) is 4.23. The summed E-state index contributed by atoms with van der Waals surface area (Å²) < 4.78 is 7.12. The van der Waals surface area contributed by atoms with Gasteiger partial charge in [0, 0.05) is 17.5 Å². The Morgan fingerprint density at radius 3 is 2.55 bits per heavy atom. The largest absolute Gasteiger partial charge is 0.484 e. The molecule has 0 atom stereocenters. The molecule has 4 rings (SSSR count). The maximum atomic E-state index is 12.1. The van der Waals surface area contributed by atoms with Crippen LogP contribution in [0, 0.1) is 0 Å². The normalized spacial score (nSPS) is 10.8. The van der Waals surface area contributed by atoms with Crippen molar-refractivity contribution in [1.82, 2.24) is 14.6 Å². The molecular weight excluding hydrogens is 388 g/mol. The second-order valence-electron chi connectivity index (χ2n) is 6.26. The molecule has 0 radical (unpaired) electrons. The highest BCUT2D eigenvalue weighted by Crippen LogP contribution is 2.24. The van der Waals surface area contributed by atoms with Gasteiger partial charge in [-0.1, -0.05) is 48.6 Å². The zero-order valence-electron chi connectivity index (χ0n) is 15.7. The summed E-state index contributed by atoms with van der Waals surface area (Å²) >= 11 is 1.29. The first-order valence-electron chi connectivity index (χ1n) is 9.10. The number of nitrogens with one attached hydrogen (secondary N) is 1. The fraction of sp³-hybridized carbons (Fsp3) is 0.143. The van der Waals surface area contributed by atoms with Crippen molar-refractivity contribution in [3.8, 4) is 17.0 Å². The van der Waals surface area contributed by atoms with Crippen LogP contribution in [0.3, 0.4) is 0 Å². The molecule has 2 aromatic heterocycles. The van der Waals surface area contributed by atoms with E-state index in [1.165, 1.54) is 11.3 Å². The van der Waals surface area contributed by atoms with Crippen LogP contribution in [0.15, 0.2) is 60.8 Å². The smallest absolute Gasteiger partial charge is 0.264 e. The number of nitrogens with zero attached hydrogens (tertiary/aromatic N) is 3. The monoisotopic (exact) mass is 406 g/mol. The molecule has 1 amide bonds. The summed E-state index contributed by atoms with van der Waals surface area (Å²) in [5.41, 5.74) is 2.47. The lowest BCUT2D eigenvalue weighted by atomic mass is 10.1. The van der Waals surface area contributed by atoms with E-state index in [1.807, 2.05) is 43.5 Å². The van der Waals surface area contributed by atoms with Gasteiger partial charge in [-0.3, -0.25) is 14.9 Å². The van der Waals surface area contributed by atoms with Crippen LogP contribution in [0.25, 0.3) is 16.2 Å². The van der Waals surface area contributed by atoms with Crippen molar-refractivity contribution in [3.63, 3.8) is 0 Å². The van der Waals surface area contributed by atoms with Crippen molar-refractivity contribution >= 4 is 33.1 Å². The number of amides is 1. The average molecular weight is 406 g/mol. The molecular formula is C21H18N4O3S. The molecule has 0 saturated heterocycles. The molecule has 0 spiro atoms. The summed E-state index contributed by atoms with van der Waals surface area (Å²) in [6.07, 6.45) is 2.28. The fourth-order valence-corrected chi connectivity index (χ4v) is 3.54. The van der Waals surface area contributed by atoms with Crippen molar-refractivity contribution in [2.24, 2.45) is 0 Å². The van der Waals surface area contributed by atoms with E-state index in [-0.39, 0.29) is 18.3 Å². The molecule has 0 fully saturated rings. The van der Waals surface area contributed by atoms with E-state index in [9.17, 15) is 9.59 Å². The van der Waals surface area contributed by atoms with E-state index in [4.69, 9.17) is 4.74 Å². The highest BCUT2D eigenvalue weighted by Gasteiger charge is 2.12. The van der Waals surface area contributed by atoms with Crippen LogP contribution in [0.2, 0.25) is 0 Å². The van der Waals surface area contributed by atoms with Gasteiger partial charge in [-0.2, -0.15) is 0 Å². The predicted octanol–water partition coefficient (Wildman–Crippen LogP) is 4.07. The predicted molar refractivity (Wildman–Crippen MR) is 111 cm³/mol. The highest BCUT2D eigenvalue weighted by atomic mass is 32.1. The number of Topliss-reactive ketones (excluding diaryl/α,β-unsaturated/α-hetero) is 1. The van der Waals surface area contributed by atoms with Gasteiger partial charge >= 0.3 is 0 Å². The lowest BCUT2D eigenvalue weighted by Crippen LogP contribution is -2.20. The molecule has 146 valence electrons. The average Bonchev–Trinajstić information content (AvgIpc) is 3.31. The van der Waals surface area contributed by atoms with Crippen LogP contribution < -0.4 is 10.1 Å². The molecule has 0 aliphatic heterocycles. The van der Waals surface area contributed by atoms with Crippen LogP contribution in [0.5, 0.6) is 5.75 Å². The number of ether oxygens (including phenoxy) is 1. The number of carbonyl (C=O) groups excluding carboxylic acids is 2. The van der Waals surface area contributed by atoms with Gasteiger partial charge in [0.05, 0.1) is 11.9 Å². The number of hydrogen-bond acceptors (Lipinski definition) is 6. The number of aromatic nitrogens is 3. The number of ketones is 1. The Morgan fingerprint density at radius 1 is 1.10 bits per heavy atom. The molecule has 4 aromatic rings. The van der Waals surface area contributed by atoms with Gasteiger partial charge in [0.2, 0.25) is 10.1 Å². The number of benzene rings is 2. The quantitative estimate of drug-likeness (QED) is 0.468. The molecule has 2 aromatic carbocycles. The van der Waals surface area contributed by atoms with Crippen LogP contribution in [0.4, 0.5) is 5.13 Å². The number of imidazole rings is 1. The summed E-state index contributed by atoms with van der Waals surface area (Å²) in [5, 5.41) is 7.50. The highest BCUT2D eigenvalue weighted by molar-refractivity contribution is 7.20. The summed E-state index contributed by atoms with van der Waals surface area (Å²) in [4.78, 5) is 29.0. The molecule has 0 unspecified atom stereocenters. The first-order valence-corrected chi connectivity index (χ1v) is 9.91. The van der Waals surface area contributed by atoms with Crippen molar-refractivity contribution < 1.29 is 14.3 Å². The number of rotatable bonds is 7. The number of carbonyl (C=O) groups is 2. The number of fused-ring (bicyclic) bond motifs is 1. The maximum absolute atomic E-state index is 12.1. The van der Waals surface area contributed by atoms with Gasteiger partial charge in [0.1, 0.15) is 5.75 Å². The molecule has 0 bridgehead atoms. The Bertz CT molecular complexity index is 1120. The lowest BCUT2D eigenvalue weighted by Gasteiger charge is -2.06. The van der Waals surface area contributed by atoms with Gasteiger partial charge in [0.15, 0.2) is 12.4 Å². The maximum Gasteiger partial charge on any atom is 0.264 e. The van der Waals surface area contributed by atoms with E-state index in [0.29, 0.717) is 27.8 Å². The molecule has 29 heavy (non-hydrogen) atoms. The van der Waals surface area contributed by atoms with Gasteiger partial charge in [-0.05, 0) is 24.3 Å². The first-order chi connectivity index (χ1) is 14.1. The molecule has 0 aliphatic carbocycles. The van der Waals surface area contributed by atoms with E-state index in [1.54, 1.807) is 28.8 Å². The SMILES string of the molecule is CCC(=O)c1ccc(OCC(=O)Nc2nn3cc(-c4ccccc4)nc3s2)cc1. The number of anilines is 1.